The van der Waals surface area contributed by atoms with Crippen LogP contribution in [0.25, 0.3) is 0 Å². The van der Waals surface area contributed by atoms with Gasteiger partial charge in [-0.3, -0.25) is 9.59 Å². The van der Waals surface area contributed by atoms with Gasteiger partial charge in [0.05, 0.1) is 26.4 Å². The first-order valence-corrected chi connectivity index (χ1v) is 9.85. The summed E-state index contributed by atoms with van der Waals surface area (Å²) in [6, 6.07) is 8.48. The highest BCUT2D eigenvalue weighted by atomic mass is 16.5. The molecule has 0 radical (unpaired) electrons. The van der Waals surface area contributed by atoms with Crippen LogP contribution in [-0.4, -0.2) is 50.1 Å². The maximum atomic E-state index is 13.0. The van der Waals surface area contributed by atoms with E-state index in [1.165, 1.54) is 7.11 Å². The second-order valence-electron chi connectivity index (χ2n) is 7.25. The summed E-state index contributed by atoms with van der Waals surface area (Å²) in [6.45, 7) is 2.23. The van der Waals surface area contributed by atoms with Crippen molar-refractivity contribution < 1.29 is 19.1 Å². The van der Waals surface area contributed by atoms with Gasteiger partial charge in [0.15, 0.2) is 0 Å². The number of benzene rings is 1. The van der Waals surface area contributed by atoms with Gasteiger partial charge in [0.2, 0.25) is 11.8 Å². The van der Waals surface area contributed by atoms with E-state index in [9.17, 15) is 14.9 Å². The van der Waals surface area contributed by atoms with Crippen LogP contribution in [0.2, 0.25) is 0 Å². The van der Waals surface area contributed by atoms with Gasteiger partial charge in [0, 0.05) is 30.5 Å². The van der Waals surface area contributed by atoms with E-state index in [4.69, 9.17) is 9.47 Å². The van der Waals surface area contributed by atoms with Gasteiger partial charge in [-0.05, 0) is 18.9 Å². The second-order valence-corrected chi connectivity index (χ2v) is 7.25. The van der Waals surface area contributed by atoms with Crippen molar-refractivity contribution in [3.63, 3.8) is 0 Å². The molecule has 3 atom stereocenters. The molecule has 1 aromatic rings. The Balaban J connectivity index is 1.73. The van der Waals surface area contributed by atoms with E-state index in [1.54, 1.807) is 18.2 Å². The molecule has 1 heterocycles. The van der Waals surface area contributed by atoms with Gasteiger partial charge in [-0.15, -0.1) is 0 Å². The fraction of sp³-hybridized carbons (Fsp3) is 0.571. The van der Waals surface area contributed by atoms with Crippen molar-refractivity contribution in [2.45, 2.75) is 31.7 Å². The van der Waals surface area contributed by atoms with Crippen molar-refractivity contribution in [1.29, 1.82) is 5.26 Å². The van der Waals surface area contributed by atoms with Crippen LogP contribution in [0.1, 0.15) is 37.3 Å². The molecule has 1 aromatic carbocycles. The Hall–Kier alpha value is -2.59. The Labute approximate surface area is 165 Å². The topological polar surface area (TPSA) is 91.7 Å². The molecule has 150 valence electrons. The standard InChI is InChI=1S/C21H27N3O4/c1-27-19-9-5-4-8-17(19)18(14-22)23-20(25)15-6-2-3-7-16(15)21(26)24-10-12-28-13-11-24/h4-5,8-9,15-16,18H,2-3,6-7,10-13H2,1H3,(H,23,25). The Morgan fingerprint density at radius 1 is 1.21 bits per heavy atom. The molecule has 0 spiro atoms. The molecule has 2 fully saturated rings. The van der Waals surface area contributed by atoms with E-state index >= 15 is 0 Å². The fourth-order valence-electron chi connectivity index (χ4n) is 4.09. The number of ether oxygens (including phenoxy) is 2. The van der Waals surface area contributed by atoms with Gasteiger partial charge < -0.3 is 19.7 Å². The SMILES string of the molecule is COc1ccccc1C(C#N)NC(=O)C1CCCCC1C(=O)N1CCOCC1. The molecule has 7 nitrogen and oxygen atoms in total. The van der Waals surface area contributed by atoms with Crippen LogP contribution in [0.15, 0.2) is 24.3 Å². The molecule has 2 amide bonds. The minimum atomic E-state index is -0.815. The van der Waals surface area contributed by atoms with Crippen molar-refractivity contribution in [2.75, 3.05) is 33.4 Å². The Morgan fingerprint density at radius 2 is 1.89 bits per heavy atom. The van der Waals surface area contributed by atoms with Crippen molar-refractivity contribution >= 4 is 11.8 Å². The van der Waals surface area contributed by atoms with Gasteiger partial charge in [0.25, 0.3) is 0 Å². The number of nitriles is 1. The molecule has 7 heteroatoms. The minimum Gasteiger partial charge on any atom is -0.496 e. The van der Waals surface area contributed by atoms with E-state index < -0.39 is 12.0 Å². The number of morpholine rings is 1. The van der Waals surface area contributed by atoms with Crippen LogP contribution in [-0.2, 0) is 14.3 Å². The molecule has 3 rings (SSSR count). The molecule has 1 saturated heterocycles. The highest BCUT2D eigenvalue weighted by Gasteiger charge is 2.39. The zero-order valence-corrected chi connectivity index (χ0v) is 16.2. The number of hydrogen-bond acceptors (Lipinski definition) is 5. The number of para-hydroxylation sites is 1. The van der Waals surface area contributed by atoms with Gasteiger partial charge in [-0.2, -0.15) is 5.26 Å². The molecule has 1 saturated carbocycles. The lowest BCUT2D eigenvalue weighted by Crippen LogP contribution is -2.49. The fourth-order valence-corrected chi connectivity index (χ4v) is 4.09. The summed E-state index contributed by atoms with van der Waals surface area (Å²) in [5.74, 6) is -0.379. The van der Waals surface area contributed by atoms with Crippen molar-refractivity contribution in [3.8, 4) is 11.8 Å². The number of nitrogens with one attached hydrogen (secondary N) is 1. The summed E-state index contributed by atoms with van der Waals surface area (Å²) in [6.07, 6.45) is 3.23. The molecular formula is C21H27N3O4. The predicted octanol–water partition coefficient (Wildman–Crippen LogP) is 2.04. The van der Waals surface area contributed by atoms with Gasteiger partial charge in [-0.1, -0.05) is 31.0 Å². The molecular weight excluding hydrogens is 358 g/mol. The summed E-state index contributed by atoms with van der Waals surface area (Å²) in [4.78, 5) is 27.8. The number of hydrogen-bond donors (Lipinski definition) is 1. The molecule has 1 aliphatic carbocycles. The number of carbonyl (C=O) groups is 2. The highest BCUT2D eigenvalue weighted by Crippen LogP contribution is 2.33. The predicted molar refractivity (Wildman–Crippen MR) is 102 cm³/mol. The monoisotopic (exact) mass is 385 g/mol. The van der Waals surface area contributed by atoms with Crippen LogP contribution in [0.3, 0.4) is 0 Å². The average Bonchev–Trinajstić information content (AvgIpc) is 2.77. The van der Waals surface area contributed by atoms with Gasteiger partial charge >= 0.3 is 0 Å². The van der Waals surface area contributed by atoms with Crippen LogP contribution in [0, 0.1) is 23.2 Å². The number of nitrogens with zero attached hydrogens (tertiary/aromatic N) is 2. The van der Waals surface area contributed by atoms with Crippen molar-refractivity contribution in [1.82, 2.24) is 10.2 Å². The summed E-state index contributed by atoms with van der Waals surface area (Å²) in [5, 5.41) is 12.5. The van der Waals surface area contributed by atoms with E-state index in [0.717, 1.165) is 12.8 Å². The van der Waals surface area contributed by atoms with Crippen molar-refractivity contribution in [3.05, 3.63) is 29.8 Å². The van der Waals surface area contributed by atoms with E-state index in [-0.39, 0.29) is 17.7 Å². The maximum Gasteiger partial charge on any atom is 0.226 e. The number of amides is 2. The first kappa shape index (κ1) is 20.2. The zero-order chi connectivity index (χ0) is 19.9. The van der Waals surface area contributed by atoms with Crippen LogP contribution in [0.5, 0.6) is 5.75 Å². The zero-order valence-electron chi connectivity index (χ0n) is 16.2. The van der Waals surface area contributed by atoms with Crippen LogP contribution in [0.4, 0.5) is 0 Å². The van der Waals surface area contributed by atoms with Crippen LogP contribution < -0.4 is 10.1 Å². The minimum absolute atomic E-state index is 0.0361. The lowest BCUT2D eigenvalue weighted by Gasteiger charge is -2.35. The van der Waals surface area contributed by atoms with Crippen LogP contribution >= 0.6 is 0 Å². The summed E-state index contributed by atoms with van der Waals surface area (Å²) in [7, 11) is 1.53. The summed E-state index contributed by atoms with van der Waals surface area (Å²) >= 11 is 0. The molecule has 3 unspecified atom stereocenters. The molecule has 1 N–H and O–H groups in total. The number of carbonyl (C=O) groups excluding carboxylic acids is 2. The largest absolute Gasteiger partial charge is 0.496 e. The third-order valence-corrected chi connectivity index (χ3v) is 5.61. The molecule has 0 bridgehead atoms. The van der Waals surface area contributed by atoms with E-state index in [0.29, 0.717) is 50.5 Å². The maximum absolute atomic E-state index is 13.0. The molecule has 28 heavy (non-hydrogen) atoms. The lowest BCUT2D eigenvalue weighted by molar-refractivity contribution is -0.147. The van der Waals surface area contributed by atoms with Crippen molar-refractivity contribution in [2.24, 2.45) is 11.8 Å². The van der Waals surface area contributed by atoms with Gasteiger partial charge in [-0.25, -0.2) is 0 Å². The first-order chi connectivity index (χ1) is 13.7. The van der Waals surface area contributed by atoms with E-state index in [1.807, 2.05) is 11.0 Å². The molecule has 2 aliphatic rings. The Bertz CT molecular complexity index is 739. The Kier molecular flexibility index (Phi) is 6.88. The Morgan fingerprint density at radius 3 is 2.57 bits per heavy atom. The average molecular weight is 385 g/mol. The van der Waals surface area contributed by atoms with Gasteiger partial charge in [0.1, 0.15) is 11.8 Å². The number of methoxy groups -OCH3 is 1. The smallest absolute Gasteiger partial charge is 0.226 e. The second kappa shape index (κ2) is 9.56. The first-order valence-electron chi connectivity index (χ1n) is 9.85. The molecule has 0 aromatic heterocycles. The normalized spacial score (nSPS) is 23.4. The lowest BCUT2D eigenvalue weighted by atomic mass is 9.77. The third-order valence-electron chi connectivity index (χ3n) is 5.61. The number of rotatable bonds is 5. The highest BCUT2D eigenvalue weighted by molar-refractivity contribution is 5.88. The molecule has 1 aliphatic heterocycles. The quantitative estimate of drug-likeness (QED) is 0.837. The summed E-state index contributed by atoms with van der Waals surface area (Å²) in [5.41, 5.74) is 0.618. The third kappa shape index (κ3) is 4.45. The summed E-state index contributed by atoms with van der Waals surface area (Å²) < 4.78 is 10.6. The van der Waals surface area contributed by atoms with E-state index in [2.05, 4.69) is 11.4 Å².